The van der Waals surface area contributed by atoms with Gasteiger partial charge in [-0.15, -0.1) is 11.3 Å². The number of rotatable bonds is 4. The predicted octanol–water partition coefficient (Wildman–Crippen LogP) is 2.37. The van der Waals surface area contributed by atoms with Crippen molar-refractivity contribution in [2.24, 2.45) is 11.7 Å². The van der Waals surface area contributed by atoms with E-state index in [4.69, 9.17) is 5.73 Å². The molecule has 5 heteroatoms. The van der Waals surface area contributed by atoms with Gasteiger partial charge in [0, 0.05) is 19.3 Å². The number of amides is 1. The van der Waals surface area contributed by atoms with Gasteiger partial charge in [0.1, 0.15) is 5.54 Å². The van der Waals surface area contributed by atoms with Gasteiger partial charge < -0.3 is 5.73 Å². The Morgan fingerprint density at radius 3 is 2.86 bits per heavy atom. The number of carbonyl (C=O) groups excluding carboxylic acids is 1. The van der Waals surface area contributed by atoms with Crippen molar-refractivity contribution in [3.63, 3.8) is 0 Å². The zero-order valence-electron chi connectivity index (χ0n) is 12.0. The van der Waals surface area contributed by atoms with Crippen molar-refractivity contribution < 1.29 is 4.79 Å². The molecule has 1 aliphatic rings. The first kappa shape index (κ1) is 14.2. The van der Waals surface area contributed by atoms with Gasteiger partial charge in [-0.25, -0.2) is 0 Å². The number of nitrogens with zero attached hydrogens (tertiary/aromatic N) is 2. The molecule has 2 unspecified atom stereocenters. The average molecular weight is 301 g/mol. The first-order valence-electron chi connectivity index (χ1n) is 7.13. The normalized spacial score (nSPS) is 26.0. The van der Waals surface area contributed by atoms with Gasteiger partial charge in [-0.3, -0.25) is 14.7 Å². The highest BCUT2D eigenvalue weighted by Crippen LogP contribution is 2.45. The largest absolute Gasteiger partial charge is 0.368 e. The lowest BCUT2D eigenvalue weighted by atomic mass is 9.84. The van der Waals surface area contributed by atoms with Crippen LogP contribution in [0, 0.1) is 5.92 Å². The molecule has 0 spiro atoms. The first-order chi connectivity index (χ1) is 10.2. The number of benzene rings is 1. The zero-order chi connectivity index (χ0) is 14.9. The fraction of sp³-hybridized carbons (Fsp3) is 0.375. The molecule has 1 amide bonds. The lowest BCUT2D eigenvalue weighted by molar-refractivity contribution is -0.131. The summed E-state index contributed by atoms with van der Waals surface area (Å²) in [5.74, 6) is -0.0770. The van der Waals surface area contributed by atoms with Crippen LogP contribution in [0.4, 0.5) is 0 Å². The number of thiazole rings is 1. The summed E-state index contributed by atoms with van der Waals surface area (Å²) >= 11 is 1.51. The molecule has 0 saturated carbocycles. The third-order valence-corrected chi connectivity index (χ3v) is 5.34. The Balaban J connectivity index is 2.01. The van der Waals surface area contributed by atoms with E-state index in [1.807, 2.05) is 18.2 Å². The van der Waals surface area contributed by atoms with Crippen LogP contribution in [0.25, 0.3) is 0 Å². The molecule has 0 aliphatic carbocycles. The Kier molecular flexibility index (Phi) is 3.78. The Morgan fingerprint density at radius 1 is 1.48 bits per heavy atom. The molecule has 1 saturated heterocycles. The van der Waals surface area contributed by atoms with Crippen molar-refractivity contribution in [3.05, 3.63) is 52.5 Å². The molecule has 2 aromatic rings. The molecule has 2 atom stereocenters. The molecule has 1 aromatic carbocycles. The van der Waals surface area contributed by atoms with E-state index in [0.29, 0.717) is 0 Å². The Labute approximate surface area is 128 Å². The highest BCUT2D eigenvalue weighted by atomic mass is 32.1. The second-order valence-electron chi connectivity index (χ2n) is 5.59. The van der Waals surface area contributed by atoms with Gasteiger partial charge in [-0.1, -0.05) is 37.3 Å². The molecule has 21 heavy (non-hydrogen) atoms. The predicted molar refractivity (Wildman–Crippen MR) is 83.6 cm³/mol. The molecular weight excluding hydrogens is 282 g/mol. The Morgan fingerprint density at radius 2 is 2.24 bits per heavy atom. The van der Waals surface area contributed by atoms with E-state index in [9.17, 15) is 4.79 Å². The number of likely N-dealkylation sites (tertiary alicyclic amines) is 1. The Hall–Kier alpha value is -1.72. The van der Waals surface area contributed by atoms with Crippen LogP contribution in [0.3, 0.4) is 0 Å². The van der Waals surface area contributed by atoms with Crippen molar-refractivity contribution in [2.75, 3.05) is 6.54 Å². The lowest BCUT2D eigenvalue weighted by Crippen LogP contribution is -2.53. The zero-order valence-corrected chi connectivity index (χ0v) is 12.8. The van der Waals surface area contributed by atoms with Crippen molar-refractivity contribution in [3.8, 4) is 0 Å². The molecule has 1 fully saturated rings. The first-order valence-corrected chi connectivity index (χ1v) is 8.01. The van der Waals surface area contributed by atoms with Crippen LogP contribution in [0.15, 0.2) is 42.0 Å². The molecule has 3 rings (SSSR count). The molecule has 1 aromatic heterocycles. The molecule has 110 valence electrons. The SMILES string of the molecule is CC1CCN(Cc2ccccc2)C1(C(N)=O)c1cncs1. The van der Waals surface area contributed by atoms with E-state index in [1.54, 1.807) is 11.7 Å². The van der Waals surface area contributed by atoms with Crippen LogP contribution in [-0.4, -0.2) is 22.3 Å². The van der Waals surface area contributed by atoms with Gasteiger partial charge in [0.15, 0.2) is 0 Å². The van der Waals surface area contributed by atoms with E-state index in [-0.39, 0.29) is 11.8 Å². The second-order valence-corrected chi connectivity index (χ2v) is 6.48. The number of hydrogen-bond donors (Lipinski definition) is 1. The molecule has 1 aliphatic heterocycles. The number of hydrogen-bond acceptors (Lipinski definition) is 4. The summed E-state index contributed by atoms with van der Waals surface area (Å²) < 4.78 is 0. The third-order valence-electron chi connectivity index (χ3n) is 4.44. The highest BCUT2D eigenvalue weighted by molar-refractivity contribution is 7.09. The quantitative estimate of drug-likeness (QED) is 0.943. The average Bonchev–Trinajstić information content (AvgIpc) is 3.09. The van der Waals surface area contributed by atoms with Crippen LogP contribution >= 0.6 is 11.3 Å². The minimum atomic E-state index is -0.725. The number of carbonyl (C=O) groups is 1. The molecule has 0 radical (unpaired) electrons. The fourth-order valence-electron chi connectivity index (χ4n) is 3.38. The van der Waals surface area contributed by atoms with E-state index >= 15 is 0 Å². The summed E-state index contributed by atoms with van der Waals surface area (Å²) in [4.78, 5) is 19.7. The monoisotopic (exact) mass is 301 g/mol. The Bertz CT molecular complexity index is 614. The highest BCUT2D eigenvalue weighted by Gasteiger charge is 2.53. The summed E-state index contributed by atoms with van der Waals surface area (Å²) in [7, 11) is 0. The summed E-state index contributed by atoms with van der Waals surface area (Å²) in [5, 5.41) is 0. The minimum absolute atomic E-state index is 0.194. The van der Waals surface area contributed by atoms with E-state index in [2.05, 4.69) is 28.9 Å². The van der Waals surface area contributed by atoms with Gasteiger partial charge in [0.2, 0.25) is 5.91 Å². The number of aromatic nitrogens is 1. The van der Waals surface area contributed by atoms with Gasteiger partial charge in [0.05, 0.1) is 10.4 Å². The second kappa shape index (κ2) is 5.58. The van der Waals surface area contributed by atoms with Crippen LogP contribution in [0.2, 0.25) is 0 Å². The number of nitrogens with two attached hydrogens (primary N) is 1. The maximum atomic E-state index is 12.4. The molecule has 4 nitrogen and oxygen atoms in total. The van der Waals surface area contributed by atoms with Crippen LogP contribution in [-0.2, 0) is 16.9 Å². The maximum absolute atomic E-state index is 12.4. The van der Waals surface area contributed by atoms with Crippen molar-refractivity contribution >= 4 is 17.2 Å². The summed E-state index contributed by atoms with van der Waals surface area (Å²) in [6, 6.07) is 10.2. The summed E-state index contributed by atoms with van der Waals surface area (Å²) in [6.07, 6.45) is 2.75. The topological polar surface area (TPSA) is 59.2 Å². The summed E-state index contributed by atoms with van der Waals surface area (Å²) in [6.45, 7) is 3.71. The molecule has 2 N–H and O–H groups in total. The van der Waals surface area contributed by atoms with Crippen molar-refractivity contribution in [2.45, 2.75) is 25.4 Å². The van der Waals surface area contributed by atoms with Crippen LogP contribution in [0.5, 0.6) is 0 Å². The third kappa shape index (κ3) is 2.26. The fourth-order valence-corrected chi connectivity index (χ4v) is 4.34. The standard InChI is InChI=1S/C16H19N3OS/c1-12-7-8-19(10-13-5-3-2-4-6-13)16(12,15(17)20)14-9-18-11-21-14/h2-6,9,11-12H,7-8,10H2,1H3,(H2,17,20). The van der Waals surface area contributed by atoms with E-state index in [0.717, 1.165) is 24.4 Å². The molecule has 2 heterocycles. The number of primary amides is 1. The van der Waals surface area contributed by atoms with Gasteiger partial charge in [0.25, 0.3) is 0 Å². The van der Waals surface area contributed by atoms with Crippen molar-refractivity contribution in [1.82, 2.24) is 9.88 Å². The maximum Gasteiger partial charge on any atom is 0.243 e. The smallest absolute Gasteiger partial charge is 0.243 e. The van der Waals surface area contributed by atoms with Gasteiger partial charge >= 0.3 is 0 Å². The van der Waals surface area contributed by atoms with Crippen molar-refractivity contribution in [1.29, 1.82) is 0 Å². The van der Waals surface area contributed by atoms with Gasteiger partial charge in [-0.2, -0.15) is 0 Å². The lowest BCUT2D eigenvalue weighted by Gasteiger charge is -2.37. The van der Waals surface area contributed by atoms with Gasteiger partial charge in [-0.05, 0) is 17.9 Å². The molecular formula is C16H19N3OS. The van der Waals surface area contributed by atoms with Crippen LogP contribution < -0.4 is 5.73 Å². The minimum Gasteiger partial charge on any atom is -0.368 e. The van der Waals surface area contributed by atoms with E-state index in [1.165, 1.54) is 16.9 Å². The molecule has 0 bridgehead atoms. The van der Waals surface area contributed by atoms with E-state index < -0.39 is 5.54 Å². The summed E-state index contributed by atoms with van der Waals surface area (Å²) in [5.41, 5.74) is 8.10. The van der Waals surface area contributed by atoms with Crippen LogP contribution in [0.1, 0.15) is 23.8 Å².